The van der Waals surface area contributed by atoms with E-state index >= 15 is 0 Å². The number of carbonyl (C=O) groups is 1. The van der Waals surface area contributed by atoms with Crippen LogP contribution in [0.1, 0.15) is 28.9 Å². The lowest BCUT2D eigenvalue weighted by atomic mass is 10.2. The average Bonchev–Trinajstić information content (AvgIpc) is 3.06. The van der Waals surface area contributed by atoms with E-state index in [1.165, 1.54) is 0 Å². The number of nitrogens with zero attached hydrogens (tertiary/aromatic N) is 4. The van der Waals surface area contributed by atoms with Crippen molar-refractivity contribution in [2.45, 2.75) is 25.9 Å². The number of nitrogens with one attached hydrogen (secondary N) is 1. The summed E-state index contributed by atoms with van der Waals surface area (Å²) in [4.78, 5) is 25.7. The zero-order valence-corrected chi connectivity index (χ0v) is 13.9. The van der Waals surface area contributed by atoms with Crippen LogP contribution in [0.5, 0.6) is 0 Å². The van der Waals surface area contributed by atoms with Gasteiger partial charge in [-0.25, -0.2) is 9.97 Å². The number of likely N-dealkylation sites (N-methyl/N-ethyl adjacent to an activating group) is 1. The molecule has 2 fully saturated rings. The summed E-state index contributed by atoms with van der Waals surface area (Å²) >= 11 is 0. The second kappa shape index (κ2) is 7.23. The van der Waals surface area contributed by atoms with Gasteiger partial charge in [0.15, 0.2) is 0 Å². The van der Waals surface area contributed by atoms with E-state index in [2.05, 4.69) is 32.1 Å². The van der Waals surface area contributed by atoms with Gasteiger partial charge in [-0.3, -0.25) is 4.79 Å². The zero-order valence-electron chi connectivity index (χ0n) is 13.9. The highest BCUT2D eigenvalue weighted by molar-refractivity contribution is 5.95. The van der Waals surface area contributed by atoms with Crippen LogP contribution in [-0.2, 0) is 4.74 Å². The van der Waals surface area contributed by atoms with E-state index in [0.29, 0.717) is 18.1 Å². The topological polar surface area (TPSA) is 70.6 Å². The van der Waals surface area contributed by atoms with Crippen molar-refractivity contribution in [2.75, 3.05) is 51.3 Å². The maximum absolute atomic E-state index is 12.3. The van der Waals surface area contributed by atoms with Gasteiger partial charge in [-0.1, -0.05) is 0 Å². The maximum atomic E-state index is 12.3. The minimum absolute atomic E-state index is 0.122. The number of hydrogen-bond donors (Lipinski definition) is 1. The van der Waals surface area contributed by atoms with E-state index < -0.39 is 0 Å². The van der Waals surface area contributed by atoms with Crippen LogP contribution in [0.4, 0.5) is 5.95 Å². The largest absolute Gasteiger partial charge is 0.376 e. The van der Waals surface area contributed by atoms with Crippen molar-refractivity contribution in [1.82, 2.24) is 20.2 Å². The van der Waals surface area contributed by atoms with Crippen LogP contribution in [0, 0.1) is 6.92 Å². The summed E-state index contributed by atoms with van der Waals surface area (Å²) in [7, 11) is 2.12. The molecular weight excluding hydrogens is 294 g/mol. The molecule has 3 rings (SSSR count). The van der Waals surface area contributed by atoms with Gasteiger partial charge in [0.2, 0.25) is 5.95 Å². The summed E-state index contributed by atoms with van der Waals surface area (Å²) in [5, 5.41) is 2.92. The Morgan fingerprint density at radius 2 is 2.17 bits per heavy atom. The van der Waals surface area contributed by atoms with Crippen molar-refractivity contribution in [3.63, 3.8) is 0 Å². The Bertz CT molecular complexity index is 551. The van der Waals surface area contributed by atoms with Gasteiger partial charge in [0, 0.05) is 45.5 Å². The number of aryl methyl sites for hydroxylation is 1. The molecule has 23 heavy (non-hydrogen) atoms. The van der Waals surface area contributed by atoms with E-state index in [1.54, 1.807) is 6.20 Å². The Morgan fingerprint density at radius 1 is 1.39 bits per heavy atom. The first-order chi connectivity index (χ1) is 11.1. The molecule has 7 heteroatoms. The monoisotopic (exact) mass is 319 g/mol. The minimum atomic E-state index is -0.122. The van der Waals surface area contributed by atoms with Crippen molar-refractivity contribution in [3.8, 4) is 0 Å². The molecule has 126 valence electrons. The number of amides is 1. The maximum Gasteiger partial charge on any atom is 0.254 e. The average molecular weight is 319 g/mol. The first kappa shape index (κ1) is 16.1. The van der Waals surface area contributed by atoms with Gasteiger partial charge >= 0.3 is 0 Å². The number of rotatable bonds is 4. The summed E-state index contributed by atoms with van der Waals surface area (Å²) in [6, 6.07) is 0. The van der Waals surface area contributed by atoms with Crippen molar-refractivity contribution < 1.29 is 9.53 Å². The highest BCUT2D eigenvalue weighted by Crippen LogP contribution is 2.14. The predicted octanol–water partition coefficient (Wildman–Crippen LogP) is 0.446. The van der Waals surface area contributed by atoms with E-state index in [9.17, 15) is 4.79 Å². The third-order valence-corrected chi connectivity index (χ3v) is 4.51. The molecule has 0 radical (unpaired) electrons. The lowest BCUT2D eigenvalue weighted by molar-refractivity contribution is 0.0856. The molecule has 1 atom stereocenters. The van der Waals surface area contributed by atoms with Crippen LogP contribution in [0.25, 0.3) is 0 Å². The minimum Gasteiger partial charge on any atom is -0.376 e. The van der Waals surface area contributed by atoms with Gasteiger partial charge in [0.05, 0.1) is 17.4 Å². The van der Waals surface area contributed by atoms with Crippen molar-refractivity contribution >= 4 is 11.9 Å². The number of hydrogen-bond acceptors (Lipinski definition) is 6. The molecule has 0 saturated carbocycles. The first-order valence-corrected chi connectivity index (χ1v) is 8.30. The number of carbonyl (C=O) groups excluding carboxylic acids is 1. The lowest BCUT2D eigenvalue weighted by Gasteiger charge is -2.32. The normalized spacial score (nSPS) is 22.3. The summed E-state index contributed by atoms with van der Waals surface area (Å²) in [5.41, 5.74) is 1.26. The Balaban J connectivity index is 1.60. The molecule has 7 nitrogen and oxygen atoms in total. The third kappa shape index (κ3) is 3.97. The summed E-state index contributed by atoms with van der Waals surface area (Å²) < 4.78 is 5.52. The quantitative estimate of drug-likeness (QED) is 0.869. The summed E-state index contributed by atoms with van der Waals surface area (Å²) in [6.07, 6.45) is 3.87. The van der Waals surface area contributed by atoms with E-state index in [0.717, 1.165) is 51.3 Å². The van der Waals surface area contributed by atoms with Crippen molar-refractivity contribution in [3.05, 3.63) is 17.5 Å². The van der Waals surface area contributed by atoms with Crippen LogP contribution < -0.4 is 10.2 Å². The Morgan fingerprint density at radius 3 is 2.83 bits per heavy atom. The molecular formula is C16H25N5O2. The fourth-order valence-electron chi connectivity index (χ4n) is 2.94. The lowest BCUT2D eigenvalue weighted by Crippen LogP contribution is -2.45. The molecule has 0 aromatic carbocycles. The fourth-order valence-corrected chi connectivity index (χ4v) is 2.94. The van der Waals surface area contributed by atoms with Crippen molar-refractivity contribution in [2.24, 2.45) is 0 Å². The molecule has 0 aliphatic carbocycles. The predicted molar refractivity (Wildman–Crippen MR) is 87.8 cm³/mol. The van der Waals surface area contributed by atoms with Gasteiger partial charge in [0.25, 0.3) is 5.91 Å². The molecule has 1 aromatic heterocycles. The molecule has 2 aliphatic rings. The highest BCUT2D eigenvalue weighted by Gasteiger charge is 2.20. The van der Waals surface area contributed by atoms with Crippen LogP contribution in [0.2, 0.25) is 0 Å². The molecule has 2 saturated heterocycles. The molecule has 0 spiro atoms. The number of ether oxygens (including phenoxy) is 1. The second-order valence-electron chi connectivity index (χ2n) is 6.30. The van der Waals surface area contributed by atoms with Crippen LogP contribution >= 0.6 is 0 Å². The van der Waals surface area contributed by atoms with E-state index in [1.807, 2.05) is 6.92 Å². The molecule has 1 amide bonds. The number of anilines is 1. The van der Waals surface area contributed by atoms with Gasteiger partial charge in [-0.2, -0.15) is 0 Å². The van der Waals surface area contributed by atoms with Crippen LogP contribution in [0.15, 0.2) is 6.20 Å². The van der Waals surface area contributed by atoms with Crippen molar-refractivity contribution in [1.29, 1.82) is 0 Å². The Labute approximate surface area is 137 Å². The Hall–Kier alpha value is -1.73. The molecule has 1 N–H and O–H groups in total. The molecule has 1 aromatic rings. The van der Waals surface area contributed by atoms with Gasteiger partial charge in [0.1, 0.15) is 0 Å². The third-order valence-electron chi connectivity index (χ3n) is 4.51. The second-order valence-corrected chi connectivity index (χ2v) is 6.30. The fraction of sp³-hybridized carbons (Fsp3) is 0.688. The van der Waals surface area contributed by atoms with Gasteiger partial charge < -0.3 is 19.9 Å². The summed E-state index contributed by atoms with van der Waals surface area (Å²) in [5.74, 6) is 0.592. The summed E-state index contributed by atoms with van der Waals surface area (Å²) in [6.45, 7) is 7.06. The smallest absolute Gasteiger partial charge is 0.254 e. The number of aromatic nitrogens is 2. The molecule has 0 unspecified atom stereocenters. The highest BCUT2D eigenvalue weighted by atomic mass is 16.5. The SMILES string of the molecule is Cc1nc(N2CCN(C)CC2)ncc1C(=O)NC[C@@H]1CCCO1. The Kier molecular flexibility index (Phi) is 5.07. The van der Waals surface area contributed by atoms with Gasteiger partial charge in [-0.05, 0) is 26.8 Å². The van der Waals surface area contributed by atoms with E-state index in [-0.39, 0.29) is 12.0 Å². The van der Waals surface area contributed by atoms with Crippen LogP contribution in [0.3, 0.4) is 0 Å². The molecule has 0 bridgehead atoms. The number of piperazine rings is 1. The molecule has 2 aliphatic heterocycles. The first-order valence-electron chi connectivity index (χ1n) is 8.30. The van der Waals surface area contributed by atoms with Gasteiger partial charge in [-0.15, -0.1) is 0 Å². The standard InChI is InChI=1S/C16H25N5O2/c1-12-14(15(22)17-10-13-4-3-9-23-13)11-18-16(19-12)21-7-5-20(2)6-8-21/h11,13H,3-10H2,1-2H3,(H,17,22)/t13-/m0/s1. The zero-order chi connectivity index (χ0) is 16.2. The van der Waals surface area contributed by atoms with E-state index in [4.69, 9.17) is 4.74 Å². The van der Waals surface area contributed by atoms with Crippen LogP contribution in [-0.4, -0.2) is 73.3 Å². The molecule has 3 heterocycles.